The van der Waals surface area contributed by atoms with Crippen molar-refractivity contribution in [1.82, 2.24) is 0 Å². The minimum absolute atomic E-state index is 0.670. The van der Waals surface area contributed by atoms with Gasteiger partial charge in [0.05, 0.1) is 0 Å². The zero-order valence-electron chi connectivity index (χ0n) is 11.5. The van der Waals surface area contributed by atoms with Crippen LogP contribution in [-0.2, 0) is 6.42 Å². The van der Waals surface area contributed by atoms with Crippen molar-refractivity contribution in [3.8, 4) is 0 Å². The van der Waals surface area contributed by atoms with Gasteiger partial charge in [0.25, 0.3) is 0 Å². The third kappa shape index (κ3) is 3.20. The lowest BCUT2D eigenvalue weighted by atomic mass is 9.95. The van der Waals surface area contributed by atoms with Gasteiger partial charge in [0, 0.05) is 24.2 Å². The van der Waals surface area contributed by atoms with Gasteiger partial charge in [-0.1, -0.05) is 25.1 Å². The molecule has 1 aromatic carbocycles. The van der Waals surface area contributed by atoms with Crippen LogP contribution >= 0.6 is 11.6 Å². The molecule has 0 spiro atoms. The Balaban J connectivity index is 2.03. The number of nitrogens with zero attached hydrogens (tertiary/aromatic N) is 1. The van der Waals surface area contributed by atoms with Gasteiger partial charge in [-0.05, 0) is 50.2 Å². The summed E-state index contributed by atoms with van der Waals surface area (Å²) in [5.41, 5.74) is 2.97. The molecule has 1 aliphatic heterocycles. The fourth-order valence-electron chi connectivity index (χ4n) is 2.79. The van der Waals surface area contributed by atoms with E-state index in [0.717, 1.165) is 24.8 Å². The third-order valence-electron chi connectivity index (χ3n) is 4.13. The number of hydrogen-bond donors (Lipinski definition) is 0. The molecular weight excluding hydrogens is 242 g/mol. The summed E-state index contributed by atoms with van der Waals surface area (Å²) in [6, 6.07) is 9.53. The van der Waals surface area contributed by atoms with Crippen LogP contribution in [0.2, 0.25) is 0 Å². The lowest BCUT2D eigenvalue weighted by Crippen LogP contribution is -2.38. The van der Waals surface area contributed by atoms with Gasteiger partial charge in [-0.3, -0.25) is 0 Å². The Morgan fingerprint density at radius 2 is 2.11 bits per heavy atom. The Bertz CT molecular complexity index is 377. The van der Waals surface area contributed by atoms with Gasteiger partial charge in [-0.25, -0.2) is 0 Å². The Morgan fingerprint density at radius 1 is 1.33 bits per heavy atom. The zero-order valence-corrected chi connectivity index (χ0v) is 12.3. The second-order valence-corrected chi connectivity index (χ2v) is 5.96. The van der Waals surface area contributed by atoms with Gasteiger partial charge in [0.15, 0.2) is 0 Å². The smallest absolute Gasteiger partial charge is 0.0401 e. The number of rotatable bonds is 5. The molecule has 100 valence electrons. The second kappa shape index (κ2) is 6.47. The second-order valence-electron chi connectivity index (χ2n) is 5.58. The molecule has 0 fully saturated rings. The maximum absolute atomic E-state index is 5.81. The SMILES string of the molecule is CC(CCCl)CCN1c2ccccc2CCC1C. The lowest BCUT2D eigenvalue weighted by molar-refractivity contribution is 0.479. The average Bonchev–Trinajstić information content (AvgIpc) is 2.38. The molecule has 2 unspecified atom stereocenters. The molecule has 0 bridgehead atoms. The molecule has 0 aromatic heterocycles. The Hall–Kier alpha value is -0.690. The minimum Gasteiger partial charge on any atom is -0.369 e. The molecule has 1 aromatic rings. The normalized spacial score (nSPS) is 20.6. The Labute approximate surface area is 116 Å². The summed E-state index contributed by atoms with van der Waals surface area (Å²) in [5.74, 6) is 1.51. The number of aryl methyl sites for hydroxylation is 1. The molecule has 0 N–H and O–H groups in total. The van der Waals surface area contributed by atoms with Crippen molar-refractivity contribution in [2.45, 2.75) is 45.6 Å². The van der Waals surface area contributed by atoms with Crippen molar-refractivity contribution in [2.24, 2.45) is 5.92 Å². The number of benzene rings is 1. The molecule has 1 heterocycles. The first-order valence-electron chi connectivity index (χ1n) is 7.13. The van der Waals surface area contributed by atoms with Crippen LogP contribution in [-0.4, -0.2) is 18.5 Å². The van der Waals surface area contributed by atoms with Crippen LogP contribution in [0.25, 0.3) is 0 Å². The summed E-state index contributed by atoms with van der Waals surface area (Å²) in [6.45, 7) is 5.82. The highest BCUT2D eigenvalue weighted by atomic mass is 35.5. The first-order chi connectivity index (χ1) is 8.72. The highest BCUT2D eigenvalue weighted by Crippen LogP contribution is 2.30. The molecule has 0 aliphatic carbocycles. The topological polar surface area (TPSA) is 3.24 Å². The van der Waals surface area contributed by atoms with Gasteiger partial charge in [-0.15, -0.1) is 11.6 Å². The van der Waals surface area contributed by atoms with E-state index >= 15 is 0 Å². The fourth-order valence-corrected chi connectivity index (χ4v) is 3.16. The number of anilines is 1. The number of hydrogen-bond acceptors (Lipinski definition) is 1. The molecule has 2 heteroatoms. The van der Waals surface area contributed by atoms with Gasteiger partial charge in [0.1, 0.15) is 0 Å². The van der Waals surface area contributed by atoms with Crippen LogP contribution in [0.5, 0.6) is 0 Å². The summed E-state index contributed by atoms with van der Waals surface area (Å²) in [6.07, 6.45) is 4.88. The number of halogens is 1. The number of para-hydroxylation sites is 1. The van der Waals surface area contributed by atoms with E-state index in [2.05, 4.69) is 43.0 Å². The number of alkyl halides is 1. The van der Waals surface area contributed by atoms with E-state index in [-0.39, 0.29) is 0 Å². The first kappa shape index (κ1) is 13.7. The van der Waals surface area contributed by atoms with E-state index in [1.807, 2.05) is 0 Å². The van der Waals surface area contributed by atoms with Gasteiger partial charge < -0.3 is 4.90 Å². The fraction of sp³-hybridized carbons (Fsp3) is 0.625. The molecular formula is C16H24ClN. The van der Waals surface area contributed by atoms with Crippen LogP contribution in [0.3, 0.4) is 0 Å². The molecule has 1 nitrogen and oxygen atoms in total. The van der Waals surface area contributed by atoms with Crippen molar-refractivity contribution in [2.75, 3.05) is 17.3 Å². The zero-order chi connectivity index (χ0) is 13.0. The maximum atomic E-state index is 5.81. The quantitative estimate of drug-likeness (QED) is 0.710. The molecule has 2 rings (SSSR count). The number of fused-ring (bicyclic) bond motifs is 1. The highest BCUT2D eigenvalue weighted by Gasteiger charge is 2.22. The van der Waals surface area contributed by atoms with Crippen molar-refractivity contribution in [3.63, 3.8) is 0 Å². The highest BCUT2D eigenvalue weighted by molar-refractivity contribution is 6.17. The van der Waals surface area contributed by atoms with Crippen molar-refractivity contribution in [1.29, 1.82) is 0 Å². The predicted molar refractivity (Wildman–Crippen MR) is 80.7 cm³/mol. The van der Waals surface area contributed by atoms with Crippen LogP contribution in [0, 0.1) is 5.92 Å². The summed E-state index contributed by atoms with van der Waals surface area (Å²) in [7, 11) is 0. The largest absolute Gasteiger partial charge is 0.369 e. The van der Waals surface area contributed by atoms with Crippen LogP contribution in [0.1, 0.15) is 38.7 Å². The van der Waals surface area contributed by atoms with E-state index in [1.165, 1.54) is 30.5 Å². The molecule has 0 amide bonds. The van der Waals surface area contributed by atoms with E-state index in [4.69, 9.17) is 11.6 Å². The molecule has 0 saturated heterocycles. The molecule has 0 radical (unpaired) electrons. The van der Waals surface area contributed by atoms with Gasteiger partial charge in [0.2, 0.25) is 0 Å². The Morgan fingerprint density at radius 3 is 2.89 bits per heavy atom. The average molecular weight is 266 g/mol. The predicted octanol–water partition coefficient (Wildman–Crippen LogP) is 4.48. The first-order valence-corrected chi connectivity index (χ1v) is 7.66. The standard InChI is InChI=1S/C16H24ClN/c1-13(9-11-17)10-12-18-14(2)7-8-15-5-3-4-6-16(15)18/h3-6,13-14H,7-12H2,1-2H3. The summed E-state index contributed by atoms with van der Waals surface area (Å²) < 4.78 is 0. The van der Waals surface area contributed by atoms with Crippen molar-refractivity contribution in [3.05, 3.63) is 29.8 Å². The molecule has 2 atom stereocenters. The van der Waals surface area contributed by atoms with E-state index < -0.39 is 0 Å². The molecule has 0 saturated carbocycles. The summed E-state index contributed by atoms with van der Waals surface area (Å²) in [4.78, 5) is 2.59. The van der Waals surface area contributed by atoms with Crippen LogP contribution in [0.4, 0.5) is 5.69 Å². The van der Waals surface area contributed by atoms with Gasteiger partial charge >= 0.3 is 0 Å². The van der Waals surface area contributed by atoms with Crippen molar-refractivity contribution >= 4 is 17.3 Å². The summed E-state index contributed by atoms with van der Waals surface area (Å²) >= 11 is 5.81. The third-order valence-corrected chi connectivity index (χ3v) is 4.35. The van der Waals surface area contributed by atoms with Crippen molar-refractivity contribution < 1.29 is 0 Å². The van der Waals surface area contributed by atoms with E-state index in [1.54, 1.807) is 0 Å². The van der Waals surface area contributed by atoms with Crippen LogP contribution in [0.15, 0.2) is 24.3 Å². The Kier molecular flexibility index (Phi) is 4.94. The molecule has 18 heavy (non-hydrogen) atoms. The van der Waals surface area contributed by atoms with Crippen LogP contribution < -0.4 is 4.90 Å². The minimum atomic E-state index is 0.670. The lowest BCUT2D eigenvalue weighted by Gasteiger charge is -2.37. The maximum Gasteiger partial charge on any atom is 0.0401 e. The van der Waals surface area contributed by atoms with E-state index in [9.17, 15) is 0 Å². The molecule has 1 aliphatic rings. The summed E-state index contributed by atoms with van der Waals surface area (Å²) in [5, 5.41) is 0. The van der Waals surface area contributed by atoms with E-state index in [0.29, 0.717) is 6.04 Å². The van der Waals surface area contributed by atoms with Gasteiger partial charge in [-0.2, -0.15) is 0 Å². The monoisotopic (exact) mass is 265 g/mol.